The molecule has 116 valence electrons. The van der Waals surface area contributed by atoms with Crippen molar-refractivity contribution >= 4 is 35.1 Å². The maximum absolute atomic E-state index is 12.3. The highest BCUT2D eigenvalue weighted by Gasteiger charge is 2.23. The molecule has 0 bridgehead atoms. The second-order valence-electron chi connectivity index (χ2n) is 5.09. The lowest BCUT2D eigenvalue weighted by Gasteiger charge is -2.20. The Hall–Kier alpha value is -1.59. The summed E-state index contributed by atoms with van der Waals surface area (Å²) in [5, 5.41) is 3.89. The third kappa shape index (κ3) is 3.78. The average Bonchev–Trinajstić information content (AvgIpc) is 2.94. The van der Waals surface area contributed by atoms with E-state index >= 15 is 0 Å². The highest BCUT2D eigenvalue weighted by molar-refractivity contribution is 7.99. The Labute approximate surface area is 138 Å². The van der Waals surface area contributed by atoms with Crippen molar-refractivity contribution in [2.45, 2.75) is 11.7 Å². The molecule has 2 amide bonds. The molecule has 2 heterocycles. The number of furan rings is 1. The monoisotopic (exact) mass is 336 g/mol. The minimum atomic E-state index is -0.0667. The molecule has 1 fully saturated rings. The number of anilines is 1. The Balaban J connectivity index is 1.58. The lowest BCUT2D eigenvalue weighted by molar-refractivity contribution is 0.214. The molecule has 0 saturated carbocycles. The molecule has 1 atom stereocenters. The summed E-state index contributed by atoms with van der Waals surface area (Å²) in [5.41, 5.74) is 0.758. The number of halogens is 1. The molecule has 1 aromatic carbocycles. The van der Waals surface area contributed by atoms with Crippen LogP contribution in [0, 0.1) is 0 Å². The second kappa shape index (κ2) is 7.11. The van der Waals surface area contributed by atoms with Crippen LogP contribution in [0.2, 0.25) is 5.02 Å². The van der Waals surface area contributed by atoms with Crippen LogP contribution in [0.15, 0.2) is 47.1 Å². The smallest absolute Gasteiger partial charge is 0.321 e. The van der Waals surface area contributed by atoms with Crippen molar-refractivity contribution in [2.24, 2.45) is 0 Å². The van der Waals surface area contributed by atoms with Gasteiger partial charge in [0.15, 0.2) is 0 Å². The number of nitrogens with zero attached hydrogens (tertiary/aromatic N) is 1. The normalized spacial score (nSPS) is 18.8. The van der Waals surface area contributed by atoms with E-state index in [0.717, 1.165) is 36.7 Å². The minimum absolute atomic E-state index is 0.0667. The molecule has 1 aliphatic heterocycles. The van der Waals surface area contributed by atoms with Gasteiger partial charge in [-0.15, -0.1) is 11.8 Å². The van der Waals surface area contributed by atoms with E-state index < -0.39 is 0 Å². The van der Waals surface area contributed by atoms with E-state index in [1.807, 2.05) is 28.8 Å². The summed E-state index contributed by atoms with van der Waals surface area (Å²) in [7, 11) is 0. The van der Waals surface area contributed by atoms with Crippen molar-refractivity contribution < 1.29 is 9.21 Å². The van der Waals surface area contributed by atoms with Crippen LogP contribution in [0.3, 0.4) is 0 Å². The number of thioether (sulfide) groups is 1. The van der Waals surface area contributed by atoms with Gasteiger partial charge in [0.05, 0.1) is 11.5 Å². The number of hydrogen-bond donors (Lipinski definition) is 1. The van der Waals surface area contributed by atoms with Crippen LogP contribution in [0.1, 0.15) is 17.4 Å². The number of hydrogen-bond acceptors (Lipinski definition) is 3. The van der Waals surface area contributed by atoms with Crippen LogP contribution in [-0.2, 0) is 0 Å². The molecule has 1 aromatic heterocycles. The summed E-state index contributed by atoms with van der Waals surface area (Å²) >= 11 is 7.69. The Morgan fingerprint density at radius 2 is 2.09 bits per heavy atom. The fourth-order valence-electron chi connectivity index (χ4n) is 2.41. The van der Waals surface area contributed by atoms with Gasteiger partial charge in [-0.1, -0.05) is 11.6 Å². The zero-order chi connectivity index (χ0) is 15.4. The first-order valence-electron chi connectivity index (χ1n) is 7.19. The van der Waals surface area contributed by atoms with Gasteiger partial charge in [0.25, 0.3) is 0 Å². The third-order valence-corrected chi connectivity index (χ3v) is 5.13. The maximum Gasteiger partial charge on any atom is 0.321 e. The molecule has 1 aliphatic rings. The van der Waals surface area contributed by atoms with Gasteiger partial charge in [-0.2, -0.15) is 0 Å². The maximum atomic E-state index is 12.3. The van der Waals surface area contributed by atoms with Gasteiger partial charge in [-0.05, 0) is 42.8 Å². The molecule has 1 saturated heterocycles. The van der Waals surface area contributed by atoms with Gasteiger partial charge >= 0.3 is 6.03 Å². The third-order valence-electron chi connectivity index (χ3n) is 3.58. The number of benzene rings is 1. The van der Waals surface area contributed by atoms with E-state index in [1.54, 1.807) is 30.5 Å². The Kier molecular flexibility index (Phi) is 4.95. The van der Waals surface area contributed by atoms with Crippen LogP contribution < -0.4 is 5.32 Å². The van der Waals surface area contributed by atoms with E-state index in [2.05, 4.69) is 5.32 Å². The lowest BCUT2D eigenvalue weighted by atomic mass is 10.2. The molecule has 2 aromatic rings. The minimum Gasteiger partial charge on any atom is -0.468 e. The van der Waals surface area contributed by atoms with Crippen molar-refractivity contribution in [1.82, 2.24) is 4.90 Å². The van der Waals surface area contributed by atoms with E-state index in [1.165, 1.54) is 0 Å². The van der Waals surface area contributed by atoms with Crippen LogP contribution >= 0.6 is 23.4 Å². The molecular formula is C16H17ClN2O2S. The summed E-state index contributed by atoms with van der Waals surface area (Å²) in [5.74, 6) is 1.89. The first kappa shape index (κ1) is 15.3. The first-order valence-corrected chi connectivity index (χ1v) is 8.61. The standard InChI is InChI=1S/C16H17ClN2O2S/c17-12-3-5-13(6-4-12)18-16(20)19-8-7-15(22-11-9-19)14-2-1-10-21-14/h1-6,10,15H,7-9,11H2,(H,18,20). The van der Waals surface area contributed by atoms with Gasteiger partial charge in [0.2, 0.25) is 0 Å². The molecular weight excluding hydrogens is 320 g/mol. The van der Waals surface area contributed by atoms with Gasteiger partial charge < -0.3 is 14.6 Å². The molecule has 22 heavy (non-hydrogen) atoms. The SMILES string of the molecule is O=C(Nc1ccc(Cl)cc1)N1CCSC(c2ccco2)CC1. The highest BCUT2D eigenvalue weighted by atomic mass is 35.5. The van der Waals surface area contributed by atoms with Gasteiger partial charge in [0.1, 0.15) is 5.76 Å². The van der Waals surface area contributed by atoms with E-state index in [4.69, 9.17) is 16.0 Å². The van der Waals surface area contributed by atoms with Crippen molar-refractivity contribution in [1.29, 1.82) is 0 Å². The lowest BCUT2D eigenvalue weighted by Crippen LogP contribution is -2.36. The molecule has 0 radical (unpaired) electrons. The highest BCUT2D eigenvalue weighted by Crippen LogP contribution is 2.34. The Bertz CT molecular complexity index is 616. The first-order chi connectivity index (χ1) is 10.7. The number of nitrogens with one attached hydrogen (secondary N) is 1. The molecule has 4 nitrogen and oxygen atoms in total. The van der Waals surface area contributed by atoms with Crippen LogP contribution in [0.25, 0.3) is 0 Å². The molecule has 3 rings (SSSR count). The fourth-order valence-corrected chi connectivity index (χ4v) is 3.72. The second-order valence-corrected chi connectivity index (χ2v) is 6.83. The van der Waals surface area contributed by atoms with Crippen molar-refractivity contribution in [3.05, 3.63) is 53.4 Å². The van der Waals surface area contributed by atoms with Crippen molar-refractivity contribution in [3.63, 3.8) is 0 Å². The van der Waals surface area contributed by atoms with Gasteiger partial charge in [0, 0.05) is 29.6 Å². The van der Waals surface area contributed by atoms with Gasteiger partial charge in [-0.25, -0.2) is 4.79 Å². The summed E-state index contributed by atoms with van der Waals surface area (Å²) in [6.07, 6.45) is 2.60. The van der Waals surface area contributed by atoms with E-state index in [-0.39, 0.29) is 6.03 Å². The zero-order valence-corrected chi connectivity index (χ0v) is 13.6. The zero-order valence-electron chi connectivity index (χ0n) is 12.0. The quantitative estimate of drug-likeness (QED) is 0.868. The van der Waals surface area contributed by atoms with E-state index in [9.17, 15) is 4.79 Å². The molecule has 1 unspecified atom stereocenters. The molecule has 1 N–H and O–H groups in total. The number of carbonyl (C=O) groups is 1. The largest absolute Gasteiger partial charge is 0.468 e. The summed E-state index contributed by atoms with van der Waals surface area (Å²) in [6, 6.07) is 11.0. The number of urea groups is 1. The van der Waals surface area contributed by atoms with Crippen LogP contribution in [0.5, 0.6) is 0 Å². The molecule has 0 aliphatic carbocycles. The number of rotatable bonds is 2. The van der Waals surface area contributed by atoms with Crippen LogP contribution in [-0.4, -0.2) is 29.8 Å². The number of amides is 2. The predicted octanol–water partition coefficient (Wildman–Crippen LogP) is 4.65. The summed E-state index contributed by atoms with van der Waals surface area (Å²) in [6.45, 7) is 1.46. The topological polar surface area (TPSA) is 45.5 Å². The average molecular weight is 337 g/mol. The van der Waals surface area contributed by atoms with Crippen molar-refractivity contribution in [3.8, 4) is 0 Å². The Morgan fingerprint density at radius 1 is 1.27 bits per heavy atom. The molecule has 6 heteroatoms. The van der Waals surface area contributed by atoms with Crippen LogP contribution in [0.4, 0.5) is 10.5 Å². The molecule has 0 spiro atoms. The summed E-state index contributed by atoms with van der Waals surface area (Å²) < 4.78 is 5.48. The van der Waals surface area contributed by atoms with Gasteiger partial charge in [-0.3, -0.25) is 0 Å². The number of carbonyl (C=O) groups excluding carboxylic acids is 1. The Morgan fingerprint density at radius 3 is 2.82 bits per heavy atom. The fraction of sp³-hybridized carbons (Fsp3) is 0.312. The predicted molar refractivity (Wildman–Crippen MR) is 90.6 cm³/mol. The van der Waals surface area contributed by atoms with Crippen molar-refractivity contribution in [2.75, 3.05) is 24.2 Å². The van der Waals surface area contributed by atoms with E-state index in [0.29, 0.717) is 10.3 Å². The summed E-state index contributed by atoms with van der Waals surface area (Å²) in [4.78, 5) is 14.2.